The number of hydrogen-bond acceptors (Lipinski definition) is 2. The summed E-state index contributed by atoms with van der Waals surface area (Å²) in [5, 5.41) is 0. The Kier molecular flexibility index (Phi) is 251. The molecule has 0 fully saturated rings. The third-order valence-corrected chi connectivity index (χ3v) is 0. The third kappa shape index (κ3) is 649. The van der Waals surface area contributed by atoms with Gasteiger partial charge in [-0.2, -0.15) is 27.7 Å². The first-order chi connectivity index (χ1) is 2.83. The normalized spacial score (nSPS) is 4.00. The fraction of sp³-hybridized carbons (Fsp3) is 0.667. The van der Waals surface area contributed by atoms with E-state index in [2.05, 4.69) is 0 Å². The molecule has 56 valence electrons. The standard InChI is InChI=1S/2C3H7.Hf.2H2O/c2*1-3-2;;;/h2*3H,1-2H3;;2*1H2/q2*-1;+4;;/p-2. The van der Waals surface area contributed by atoms with Gasteiger partial charge in [-0.3, -0.25) is 0 Å². The summed E-state index contributed by atoms with van der Waals surface area (Å²) in [6, 6.07) is 0. The molecule has 2 N–H and O–H groups in total. The summed E-state index contributed by atoms with van der Waals surface area (Å²) in [7, 11) is 0. The second-order valence-electron chi connectivity index (χ2n) is 1.15. The molecule has 0 rings (SSSR count). The monoisotopic (exact) mass is 300 g/mol. The maximum Gasteiger partial charge on any atom is 4.00 e. The maximum atomic E-state index is 2.00. The van der Waals surface area contributed by atoms with Crippen molar-refractivity contribution in [3.63, 3.8) is 0 Å². The summed E-state index contributed by atoms with van der Waals surface area (Å²) in [5.74, 6) is 0. The van der Waals surface area contributed by atoms with Crippen LogP contribution in [0.25, 0.3) is 0 Å². The van der Waals surface area contributed by atoms with Crippen molar-refractivity contribution in [1.82, 2.24) is 0 Å². The minimum atomic E-state index is 0. The zero-order valence-corrected chi connectivity index (χ0v) is 10.1. The molecule has 9 heavy (non-hydrogen) atoms. The van der Waals surface area contributed by atoms with Gasteiger partial charge in [0.2, 0.25) is 0 Å². The Bertz CT molecular complexity index is 13.0. The van der Waals surface area contributed by atoms with Crippen LogP contribution in [-0.2, 0) is 25.8 Å². The summed E-state index contributed by atoms with van der Waals surface area (Å²) >= 11 is 0. The minimum absolute atomic E-state index is 0. The van der Waals surface area contributed by atoms with E-state index >= 15 is 0 Å². The Labute approximate surface area is 77.4 Å². The van der Waals surface area contributed by atoms with Gasteiger partial charge in [0.15, 0.2) is 0 Å². The summed E-state index contributed by atoms with van der Waals surface area (Å²) < 4.78 is 0. The van der Waals surface area contributed by atoms with Crippen molar-refractivity contribution in [1.29, 1.82) is 0 Å². The molecule has 0 radical (unpaired) electrons. The zero-order valence-electron chi connectivity index (χ0n) is 6.55. The number of hydrogen-bond donors (Lipinski definition) is 0. The molecule has 0 bridgehead atoms. The molecular weight excluding hydrogens is 283 g/mol. The van der Waals surface area contributed by atoms with E-state index in [4.69, 9.17) is 0 Å². The van der Waals surface area contributed by atoms with Gasteiger partial charge >= 0.3 is 25.8 Å². The molecule has 2 nitrogen and oxygen atoms in total. The molecule has 0 amide bonds. The molecule has 0 aliphatic heterocycles. The molecule has 0 aromatic rings. The first-order valence-electron chi connectivity index (χ1n) is 2.31. The average molecular weight is 299 g/mol. The maximum absolute atomic E-state index is 2.00. The van der Waals surface area contributed by atoms with E-state index < -0.39 is 0 Å². The Morgan fingerprint density at radius 2 is 0.667 bits per heavy atom. The molecule has 0 unspecified atom stereocenters. The SMILES string of the molecule is C[CH-]C.C[CH-]C.[Hf+4].[OH-].[OH-]. The average Bonchev–Trinajstić information content (AvgIpc) is 1.39. The van der Waals surface area contributed by atoms with Crippen LogP contribution < -0.4 is 0 Å². The van der Waals surface area contributed by atoms with Crippen LogP contribution in [0.1, 0.15) is 27.7 Å². The largest absolute Gasteiger partial charge is 4.00 e. The van der Waals surface area contributed by atoms with Gasteiger partial charge in [0.25, 0.3) is 0 Å². The van der Waals surface area contributed by atoms with E-state index in [9.17, 15) is 0 Å². The van der Waals surface area contributed by atoms with Crippen LogP contribution in [0.2, 0.25) is 0 Å². The first kappa shape index (κ1) is 33.0. The van der Waals surface area contributed by atoms with Gasteiger partial charge in [-0.15, -0.1) is 0 Å². The second kappa shape index (κ2) is 68.5. The molecule has 0 aromatic heterocycles. The zero-order chi connectivity index (χ0) is 5.41. The summed E-state index contributed by atoms with van der Waals surface area (Å²) in [6.45, 7) is 8.00. The van der Waals surface area contributed by atoms with Crippen LogP contribution in [0.4, 0.5) is 0 Å². The molecule has 0 aliphatic rings. The van der Waals surface area contributed by atoms with E-state index in [-0.39, 0.29) is 36.8 Å². The molecule has 0 heterocycles. The quantitative estimate of drug-likeness (QED) is 0.508. The van der Waals surface area contributed by atoms with Gasteiger partial charge in [0.1, 0.15) is 0 Å². The Hall–Kier alpha value is 0.790. The molecule has 0 saturated carbocycles. The summed E-state index contributed by atoms with van der Waals surface area (Å²) in [5.41, 5.74) is 0. The number of rotatable bonds is 0. The predicted molar refractivity (Wildman–Crippen MR) is 35.2 cm³/mol. The van der Waals surface area contributed by atoms with Gasteiger partial charge < -0.3 is 23.8 Å². The molecule has 0 aromatic carbocycles. The molecule has 0 saturated heterocycles. The van der Waals surface area contributed by atoms with Crippen LogP contribution in [0.15, 0.2) is 0 Å². The van der Waals surface area contributed by atoms with Crippen LogP contribution >= 0.6 is 0 Å². The molecular formula is C6H16HfO2. The van der Waals surface area contributed by atoms with Crippen molar-refractivity contribution in [2.24, 2.45) is 0 Å². The first-order valence-corrected chi connectivity index (χ1v) is 2.31. The van der Waals surface area contributed by atoms with Gasteiger partial charge in [0, 0.05) is 0 Å². The van der Waals surface area contributed by atoms with E-state index in [0.717, 1.165) is 0 Å². The topological polar surface area (TPSA) is 60.0 Å². The molecule has 0 aliphatic carbocycles. The van der Waals surface area contributed by atoms with Crippen molar-refractivity contribution in [2.45, 2.75) is 27.7 Å². The Morgan fingerprint density at radius 1 is 0.667 bits per heavy atom. The van der Waals surface area contributed by atoms with Crippen molar-refractivity contribution >= 4 is 0 Å². The molecule has 0 atom stereocenters. The third-order valence-electron chi connectivity index (χ3n) is 0. The van der Waals surface area contributed by atoms with E-state index in [1.54, 1.807) is 0 Å². The van der Waals surface area contributed by atoms with Crippen LogP contribution in [-0.4, -0.2) is 11.0 Å². The summed E-state index contributed by atoms with van der Waals surface area (Å²) in [4.78, 5) is 0. The fourth-order valence-corrected chi connectivity index (χ4v) is 0. The van der Waals surface area contributed by atoms with Gasteiger partial charge in [-0.25, -0.2) is 0 Å². The van der Waals surface area contributed by atoms with E-state index in [1.165, 1.54) is 0 Å². The van der Waals surface area contributed by atoms with Gasteiger partial charge in [-0.1, -0.05) is 0 Å². The van der Waals surface area contributed by atoms with E-state index in [0.29, 0.717) is 0 Å². The molecule has 0 spiro atoms. The molecule has 3 heteroatoms. The predicted octanol–water partition coefficient (Wildman–Crippen LogP) is 2.10. The van der Waals surface area contributed by atoms with Crippen molar-refractivity contribution in [3.8, 4) is 0 Å². The fourth-order valence-electron chi connectivity index (χ4n) is 0. The second-order valence-corrected chi connectivity index (χ2v) is 1.15. The Balaban J connectivity index is -0.00000000889. The van der Waals surface area contributed by atoms with Crippen LogP contribution in [0.3, 0.4) is 0 Å². The van der Waals surface area contributed by atoms with Crippen molar-refractivity contribution in [3.05, 3.63) is 12.8 Å². The van der Waals surface area contributed by atoms with Crippen molar-refractivity contribution in [2.75, 3.05) is 0 Å². The van der Waals surface area contributed by atoms with Gasteiger partial charge in [-0.05, 0) is 0 Å². The van der Waals surface area contributed by atoms with Gasteiger partial charge in [0.05, 0.1) is 0 Å². The minimum Gasteiger partial charge on any atom is -0.870 e. The van der Waals surface area contributed by atoms with Crippen molar-refractivity contribution < 1.29 is 36.8 Å². The van der Waals surface area contributed by atoms with Crippen LogP contribution in [0.5, 0.6) is 0 Å². The van der Waals surface area contributed by atoms with E-state index in [1.807, 2.05) is 40.5 Å². The smallest absolute Gasteiger partial charge is 0.870 e. The van der Waals surface area contributed by atoms with Crippen LogP contribution in [0, 0.1) is 12.8 Å². The summed E-state index contributed by atoms with van der Waals surface area (Å²) in [6.07, 6.45) is 4.00. The Morgan fingerprint density at radius 3 is 0.667 bits per heavy atom.